The Balaban J connectivity index is 2.45. The fourth-order valence-corrected chi connectivity index (χ4v) is 2.29. The molecule has 2 unspecified atom stereocenters. The van der Waals surface area contributed by atoms with E-state index < -0.39 is 12.0 Å². The first-order chi connectivity index (χ1) is 7.50. The fraction of sp³-hybridized carbons (Fsp3) is 0.273. The number of rotatable bonds is 1. The minimum absolute atomic E-state index is 0.158. The van der Waals surface area contributed by atoms with E-state index in [1.54, 1.807) is 19.1 Å². The van der Waals surface area contributed by atoms with Crippen LogP contribution in [0.5, 0.6) is 0 Å². The summed E-state index contributed by atoms with van der Waals surface area (Å²) >= 11 is 11.7. The first-order valence-corrected chi connectivity index (χ1v) is 5.55. The Morgan fingerprint density at radius 1 is 1.25 bits per heavy atom. The second kappa shape index (κ2) is 4.07. The van der Waals surface area contributed by atoms with Gasteiger partial charge < -0.3 is 5.32 Å². The second-order valence-corrected chi connectivity index (χ2v) is 4.58. The Bertz CT molecular complexity index is 473. The van der Waals surface area contributed by atoms with Gasteiger partial charge in [-0.05, 0) is 24.6 Å². The van der Waals surface area contributed by atoms with Gasteiger partial charge in [-0.3, -0.25) is 9.59 Å². The number of hydrogen-bond donors (Lipinski definition) is 1. The Labute approximate surface area is 103 Å². The third kappa shape index (κ3) is 1.81. The van der Waals surface area contributed by atoms with Gasteiger partial charge in [0, 0.05) is 10.0 Å². The molecule has 1 amide bonds. The third-order valence-electron chi connectivity index (χ3n) is 2.61. The number of nitrogens with one attached hydrogen (secondary N) is 1. The molecule has 5 heteroatoms. The lowest BCUT2D eigenvalue weighted by atomic mass is 9.95. The molecule has 1 aromatic rings. The van der Waals surface area contributed by atoms with Crippen molar-refractivity contribution in [1.29, 1.82) is 0 Å². The zero-order chi connectivity index (χ0) is 11.9. The molecule has 1 aliphatic heterocycles. The molecule has 1 aromatic carbocycles. The number of Topliss-reactive ketones (excluding diaryl/α,β-unsaturated/α-hetero) is 1. The highest BCUT2D eigenvalue weighted by atomic mass is 35.5. The number of carbonyl (C=O) groups excluding carboxylic acids is 2. The quantitative estimate of drug-likeness (QED) is 0.784. The molecule has 1 aliphatic rings. The van der Waals surface area contributed by atoms with Crippen molar-refractivity contribution in [3.63, 3.8) is 0 Å². The summed E-state index contributed by atoms with van der Waals surface area (Å²) < 4.78 is 0. The maximum absolute atomic E-state index is 11.8. The van der Waals surface area contributed by atoms with Crippen molar-refractivity contribution in [2.45, 2.75) is 18.9 Å². The molecule has 16 heavy (non-hydrogen) atoms. The monoisotopic (exact) mass is 257 g/mol. The zero-order valence-electron chi connectivity index (χ0n) is 8.46. The van der Waals surface area contributed by atoms with E-state index in [1.807, 2.05) is 0 Å². The molecule has 0 aromatic heterocycles. The summed E-state index contributed by atoms with van der Waals surface area (Å²) in [4.78, 5) is 23.4. The first-order valence-electron chi connectivity index (χ1n) is 4.79. The van der Waals surface area contributed by atoms with Crippen LogP contribution in [0.2, 0.25) is 10.0 Å². The number of hydrogen-bond acceptors (Lipinski definition) is 2. The molecule has 3 nitrogen and oxygen atoms in total. The van der Waals surface area contributed by atoms with Crippen LogP contribution in [0, 0.1) is 0 Å². The maximum Gasteiger partial charge on any atom is 0.235 e. The summed E-state index contributed by atoms with van der Waals surface area (Å²) in [5.74, 6) is -1.27. The largest absolute Gasteiger partial charge is 0.346 e. The Morgan fingerprint density at radius 3 is 2.44 bits per heavy atom. The highest BCUT2D eigenvalue weighted by Crippen LogP contribution is 2.31. The van der Waals surface area contributed by atoms with E-state index in [1.165, 1.54) is 6.07 Å². The van der Waals surface area contributed by atoms with E-state index in [0.717, 1.165) is 0 Å². The lowest BCUT2D eigenvalue weighted by Crippen LogP contribution is -2.25. The summed E-state index contributed by atoms with van der Waals surface area (Å²) in [5, 5.41) is 3.40. The van der Waals surface area contributed by atoms with Crippen LogP contribution < -0.4 is 5.32 Å². The van der Waals surface area contributed by atoms with Gasteiger partial charge in [-0.25, -0.2) is 0 Å². The Hall–Kier alpha value is -1.06. The number of halogens is 2. The molecule has 2 rings (SSSR count). The normalized spacial score (nSPS) is 24.7. The minimum Gasteiger partial charge on any atom is -0.346 e. The van der Waals surface area contributed by atoms with Crippen molar-refractivity contribution in [3.8, 4) is 0 Å². The van der Waals surface area contributed by atoms with Crippen LogP contribution in [-0.4, -0.2) is 17.7 Å². The first kappa shape index (κ1) is 11.4. The van der Waals surface area contributed by atoms with Gasteiger partial charge in [0.15, 0.2) is 5.78 Å². The van der Waals surface area contributed by atoms with Gasteiger partial charge in [0.05, 0.1) is 6.04 Å². The standard InChI is InChI=1S/C11H9Cl2NO2/c1-5-10(15)9(11(16)14-5)7-3-2-6(12)4-8(7)13/h2-5,9H,1H3,(H,14,16). The number of amides is 1. The van der Waals surface area contributed by atoms with E-state index in [0.29, 0.717) is 15.6 Å². The fourth-order valence-electron chi connectivity index (χ4n) is 1.78. The topological polar surface area (TPSA) is 46.2 Å². The molecular formula is C11H9Cl2NO2. The molecule has 0 aliphatic carbocycles. The zero-order valence-corrected chi connectivity index (χ0v) is 9.97. The molecule has 0 saturated carbocycles. The molecular weight excluding hydrogens is 249 g/mol. The van der Waals surface area contributed by atoms with Gasteiger partial charge in [-0.1, -0.05) is 29.3 Å². The molecule has 0 bridgehead atoms. The van der Waals surface area contributed by atoms with E-state index >= 15 is 0 Å². The van der Waals surface area contributed by atoms with E-state index in [4.69, 9.17) is 23.2 Å². The predicted molar refractivity (Wildman–Crippen MR) is 61.8 cm³/mol. The average Bonchev–Trinajstić information content (AvgIpc) is 2.43. The molecule has 84 valence electrons. The molecule has 1 fully saturated rings. The lowest BCUT2D eigenvalue weighted by molar-refractivity contribution is -0.124. The smallest absolute Gasteiger partial charge is 0.235 e. The van der Waals surface area contributed by atoms with Crippen LogP contribution in [0.4, 0.5) is 0 Å². The second-order valence-electron chi connectivity index (χ2n) is 3.73. The number of benzene rings is 1. The lowest BCUT2D eigenvalue weighted by Gasteiger charge is -2.08. The van der Waals surface area contributed by atoms with Crippen LogP contribution in [-0.2, 0) is 9.59 Å². The third-order valence-corrected chi connectivity index (χ3v) is 3.17. The molecule has 2 atom stereocenters. The average molecular weight is 258 g/mol. The maximum atomic E-state index is 11.8. The highest BCUT2D eigenvalue weighted by molar-refractivity contribution is 6.35. The van der Waals surface area contributed by atoms with Gasteiger partial charge in [0.25, 0.3) is 0 Å². The van der Waals surface area contributed by atoms with Crippen molar-refractivity contribution in [3.05, 3.63) is 33.8 Å². The van der Waals surface area contributed by atoms with Gasteiger partial charge in [-0.15, -0.1) is 0 Å². The summed E-state index contributed by atoms with van der Waals surface area (Å²) in [6.45, 7) is 1.66. The Kier molecular flexibility index (Phi) is 2.91. The van der Waals surface area contributed by atoms with Crippen LogP contribution in [0.1, 0.15) is 18.4 Å². The summed E-state index contributed by atoms with van der Waals surface area (Å²) in [6.07, 6.45) is 0. The van der Waals surface area contributed by atoms with Crippen LogP contribution in [0.3, 0.4) is 0 Å². The van der Waals surface area contributed by atoms with Crippen molar-refractivity contribution in [2.75, 3.05) is 0 Å². The predicted octanol–water partition coefficient (Wildman–Crippen LogP) is 2.16. The summed E-state index contributed by atoms with van der Waals surface area (Å²) in [7, 11) is 0. The van der Waals surface area contributed by atoms with Gasteiger partial charge in [0.2, 0.25) is 5.91 Å². The minimum atomic E-state index is -0.806. The molecule has 0 radical (unpaired) electrons. The number of ketones is 1. The van der Waals surface area contributed by atoms with E-state index in [2.05, 4.69) is 5.32 Å². The van der Waals surface area contributed by atoms with Crippen LogP contribution in [0.15, 0.2) is 18.2 Å². The molecule has 1 heterocycles. The van der Waals surface area contributed by atoms with Gasteiger partial charge in [-0.2, -0.15) is 0 Å². The van der Waals surface area contributed by atoms with E-state index in [9.17, 15) is 9.59 Å². The summed E-state index contributed by atoms with van der Waals surface area (Å²) in [5.41, 5.74) is 0.512. The van der Waals surface area contributed by atoms with Gasteiger partial charge in [0.1, 0.15) is 5.92 Å². The van der Waals surface area contributed by atoms with Crippen LogP contribution in [0.25, 0.3) is 0 Å². The SMILES string of the molecule is CC1NC(=O)C(c2ccc(Cl)cc2Cl)C1=O. The van der Waals surface area contributed by atoms with E-state index in [-0.39, 0.29) is 11.7 Å². The van der Waals surface area contributed by atoms with Crippen molar-refractivity contribution < 1.29 is 9.59 Å². The molecule has 1 N–H and O–H groups in total. The van der Waals surface area contributed by atoms with Crippen molar-refractivity contribution >= 4 is 34.9 Å². The van der Waals surface area contributed by atoms with Crippen molar-refractivity contribution in [2.24, 2.45) is 0 Å². The summed E-state index contributed by atoms with van der Waals surface area (Å²) in [6, 6.07) is 4.31. The molecule has 0 spiro atoms. The van der Waals surface area contributed by atoms with Crippen molar-refractivity contribution in [1.82, 2.24) is 5.32 Å². The van der Waals surface area contributed by atoms with Gasteiger partial charge >= 0.3 is 0 Å². The molecule has 1 saturated heterocycles. The Morgan fingerprint density at radius 2 is 1.94 bits per heavy atom. The highest BCUT2D eigenvalue weighted by Gasteiger charge is 2.40. The number of carbonyl (C=O) groups is 2. The van der Waals surface area contributed by atoms with Crippen LogP contribution >= 0.6 is 23.2 Å².